The van der Waals surface area contributed by atoms with E-state index in [0.717, 1.165) is 25.2 Å². The highest BCUT2D eigenvalue weighted by Gasteiger charge is 2.14. The highest BCUT2D eigenvalue weighted by Crippen LogP contribution is 2.23. The lowest BCUT2D eigenvalue weighted by Gasteiger charge is -2.24. The average molecular weight is 319 g/mol. The fraction of sp³-hybridized carbons (Fsp3) is 0.611. The summed E-state index contributed by atoms with van der Waals surface area (Å²) in [6.45, 7) is 5.20. The van der Waals surface area contributed by atoms with Gasteiger partial charge in [0.1, 0.15) is 0 Å². The monoisotopic (exact) mass is 319 g/mol. The van der Waals surface area contributed by atoms with Gasteiger partial charge in [0.15, 0.2) is 0 Å². The molecule has 23 heavy (non-hydrogen) atoms. The SMILES string of the molecule is CCCN(CCO)C(=O)Nc1cccc(N2CCCCCC2)c1. The topological polar surface area (TPSA) is 55.8 Å². The first kappa shape index (κ1) is 17.6. The van der Waals surface area contributed by atoms with Gasteiger partial charge in [0.25, 0.3) is 0 Å². The molecule has 1 aliphatic heterocycles. The standard InChI is InChI=1S/C18H29N3O2/c1-2-10-21(13-14-22)18(23)19-16-8-7-9-17(15-16)20-11-5-3-4-6-12-20/h7-9,15,22H,2-6,10-14H2,1H3,(H,19,23). The number of carbonyl (C=O) groups excluding carboxylic acids is 1. The molecule has 5 nitrogen and oxygen atoms in total. The van der Waals surface area contributed by atoms with E-state index in [1.54, 1.807) is 4.90 Å². The van der Waals surface area contributed by atoms with Gasteiger partial charge in [0, 0.05) is 37.6 Å². The molecule has 0 atom stereocenters. The fourth-order valence-electron chi connectivity index (χ4n) is 3.02. The third kappa shape index (κ3) is 5.43. The van der Waals surface area contributed by atoms with Crippen LogP contribution in [0.4, 0.5) is 16.2 Å². The van der Waals surface area contributed by atoms with E-state index in [1.165, 1.54) is 31.4 Å². The van der Waals surface area contributed by atoms with E-state index in [9.17, 15) is 4.79 Å². The molecule has 0 bridgehead atoms. The first-order chi connectivity index (χ1) is 11.2. The van der Waals surface area contributed by atoms with E-state index in [0.29, 0.717) is 13.1 Å². The van der Waals surface area contributed by atoms with Crippen LogP contribution in [0.3, 0.4) is 0 Å². The van der Waals surface area contributed by atoms with Crippen molar-refractivity contribution < 1.29 is 9.90 Å². The third-order valence-corrected chi connectivity index (χ3v) is 4.22. The van der Waals surface area contributed by atoms with Crippen molar-refractivity contribution in [2.75, 3.05) is 43.0 Å². The lowest BCUT2D eigenvalue weighted by atomic mass is 10.2. The van der Waals surface area contributed by atoms with Crippen molar-refractivity contribution in [3.8, 4) is 0 Å². The molecule has 2 N–H and O–H groups in total. The second-order valence-corrected chi connectivity index (χ2v) is 6.09. The molecule has 0 aliphatic carbocycles. The van der Waals surface area contributed by atoms with Gasteiger partial charge in [-0.3, -0.25) is 0 Å². The van der Waals surface area contributed by atoms with Crippen molar-refractivity contribution in [3.63, 3.8) is 0 Å². The summed E-state index contributed by atoms with van der Waals surface area (Å²) in [6.07, 6.45) is 5.95. The van der Waals surface area contributed by atoms with Crippen LogP contribution in [0.2, 0.25) is 0 Å². The van der Waals surface area contributed by atoms with E-state index >= 15 is 0 Å². The van der Waals surface area contributed by atoms with Gasteiger partial charge in [0.05, 0.1) is 6.61 Å². The summed E-state index contributed by atoms with van der Waals surface area (Å²) in [5.74, 6) is 0. The van der Waals surface area contributed by atoms with E-state index < -0.39 is 0 Å². The molecular weight excluding hydrogens is 290 g/mol. The van der Waals surface area contributed by atoms with Gasteiger partial charge in [-0.15, -0.1) is 0 Å². The van der Waals surface area contributed by atoms with E-state index in [-0.39, 0.29) is 12.6 Å². The predicted octanol–water partition coefficient (Wildman–Crippen LogP) is 3.30. The van der Waals surface area contributed by atoms with Crippen molar-refractivity contribution in [2.24, 2.45) is 0 Å². The number of anilines is 2. The Labute approximate surface area is 139 Å². The fourth-order valence-corrected chi connectivity index (χ4v) is 3.02. The Hall–Kier alpha value is -1.75. The van der Waals surface area contributed by atoms with Gasteiger partial charge in [-0.05, 0) is 37.5 Å². The molecule has 1 saturated heterocycles. The summed E-state index contributed by atoms with van der Waals surface area (Å²) >= 11 is 0. The number of rotatable bonds is 6. The van der Waals surface area contributed by atoms with Gasteiger partial charge >= 0.3 is 6.03 Å². The number of amides is 2. The molecule has 2 amide bonds. The zero-order chi connectivity index (χ0) is 16.5. The number of benzene rings is 1. The Morgan fingerprint density at radius 2 is 1.96 bits per heavy atom. The summed E-state index contributed by atoms with van der Waals surface area (Å²) < 4.78 is 0. The van der Waals surface area contributed by atoms with Crippen LogP contribution < -0.4 is 10.2 Å². The predicted molar refractivity (Wildman–Crippen MR) is 95.1 cm³/mol. The maximum Gasteiger partial charge on any atom is 0.321 e. The Balaban J connectivity index is 2.02. The second kappa shape index (κ2) is 9.40. The van der Waals surface area contributed by atoms with Gasteiger partial charge in [-0.25, -0.2) is 4.79 Å². The number of hydrogen-bond donors (Lipinski definition) is 2. The van der Waals surface area contributed by atoms with E-state index in [2.05, 4.69) is 16.3 Å². The molecule has 0 saturated carbocycles. The van der Waals surface area contributed by atoms with Crippen LogP contribution in [0, 0.1) is 0 Å². The lowest BCUT2D eigenvalue weighted by molar-refractivity contribution is 0.188. The molecule has 1 aromatic carbocycles. The normalized spacial score (nSPS) is 15.1. The van der Waals surface area contributed by atoms with Crippen LogP contribution in [0.25, 0.3) is 0 Å². The van der Waals surface area contributed by atoms with Crippen molar-refractivity contribution in [1.82, 2.24) is 4.90 Å². The van der Waals surface area contributed by atoms with Crippen molar-refractivity contribution in [1.29, 1.82) is 0 Å². The quantitative estimate of drug-likeness (QED) is 0.846. The summed E-state index contributed by atoms with van der Waals surface area (Å²) in [6, 6.07) is 7.92. The molecule has 1 fully saturated rings. The minimum absolute atomic E-state index is 0.0127. The molecule has 0 unspecified atom stereocenters. The molecule has 5 heteroatoms. The minimum Gasteiger partial charge on any atom is -0.395 e. The molecule has 1 aromatic rings. The Morgan fingerprint density at radius 1 is 1.22 bits per heavy atom. The van der Waals surface area contributed by atoms with Gasteiger partial charge in [-0.1, -0.05) is 25.8 Å². The number of nitrogens with one attached hydrogen (secondary N) is 1. The molecule has 1 heterocycles. The number of aliphatic hydroxyl groups is 1. The average Bonchev–Trinajstić information content (AvgIpc) is 2.84. The summed E-state index contributed by atoms with van der Waals surface area (Å²) in [4.78, 5) is 16.4. The lowest BCUT2D eigenvalue weighted by Crippen LogP contribution is -2.37. The van der Waals surface area contributed by atoms with Crippen LogP contribution in [0.5, 0.6) is 0 Å². The van der Waals surface area contributed by atoms with Crippen LogP contribution in [0.1, 0.15) is 39.0 Å². The van der Waals surface area contributed by atoms with Crippen LogP contribution in [-0.4, -0.2) is 48.8 Å². The van der Waals surface area contributed by atoms with E-state index in [4.69, 9.17) is 5.11 Å². The number of nitrogens with zero attached hydrogens (tertiary/aromatic N) is 2. The molecule has 0 aromatic heterocycles. The molecule has 0 spiro atoms. The zero-order valence-electron chi connectivity index (χ0n) is 14.1. The molecule has 128 valence electrons. The first-order valence-electron chi connectivity index (χ1n) is 8.76. The van der Waals surface area contributed by atoms with Crippen molar-refractivity contribution >= 4 is 17.4 Å². The molecule has 2 rings (SSSR count). The number of aliphatic hydroxyl groups excluding tert-OH is 1. The van der Waals surface area contributed by atoms with Gasteiger partial charge < -0.3 is 20.2 Å². The maximum absolute atomic E-state index is 12.3. The highest BCUT2D eigenvalue weighted by molar-refractivity contribution is 5.89. The zero-order valence-corrected chi connectivity index (χ0v) is 14.1. The summed E-state index contributed by atoms with van der Waals surface area (Å²) in [7, 11) is 0. The Bertz CT molecular complexity index is 479. The van der Waals surface area contributed by atoms with Crippen molar-refractivity contribution in [2.45, 2.75) is 39.0 Å². The summed E-state index contributed by atoms with van der Waals surface area (Å²) in [5.41, 5.74) is 1.99. The summed E-state index contributed by atoms with van der Waals surface area (Å²) in [5, 5.41) is 12.0. The van der Waals surface area contributed by atoms with Gasteiger partial charge in [-0.2, -0.15) is 0 Å². The highest BCUT2D eigenvalue weighted by atomic mass is 16.3. The molecule has 1 aliphatic rings. The first-order valence-corrected chi connectivity index (χ1v) is 8.76. The van der Waals surface area contributed by atoms with Crippen molar-refractivity contribution in [3.05, 3.63) is 24.3 Å². The smallest absolute Gasteiger partial charge is 0.321 e. The third-order valence-electron chi connectivity index (χ3n) is 4.22. The Morgan fingerprint density at radius 3 is 2.61 bits per heavy atom. The van der Waals surface area contributed by atoms with Gasteiger partial charge in [0.2, 0.25) is 0 Å². The van der Waals surface area contributed by atoms with E-state index in [1.807, 2.05) is 25.1 Å². The minimum atomic E-state index is -0.145. The van der Waals surface area contributed by atoms with Crippen LogP contribution in [0.15, 0.2) is 24.3 Å². The Kier molecular flexibility index (Phi) is 7.20. The largest absolute Gasteiger partial charge is 0.395 e. The molecular formula is C18H29N3O2. The van der Waals surface area contributed by atoms with Crippen LogP contribution in [-0.2, 0) is 0 Å². The maximum atomic E-state index is 12.3. The number of urea groups is 1. The molecule has 0 radical (unpaired) electrons. The van der Waals surface area contributed by atoms with Crippen LogP contribution >= 0.6 is 0 Å². The second-order valence-electron chi connectivity index (χ2n) is 6.09. The number of hydrogen-bond acceptors (Lipinski definition) is 3. The number of carbonyl (C=O) groups is 1.